The summed E-state index contributed by atoms with van der Waals surface area (Å²) in [6.45, 7) is 15.8. The van der Waals surface area contributed by atoms with Gasteiger partial charge in [0.05, 0.1) is 6.61 Å². The van der Waals surface area contributed by atoms with Crippen LogP contribution in [0.15, 0.2) is 0 Å². The molecule has 0 rings (SSSR count). The monoisotopic (exact) mass is 320 g/mol. The van der Waals surface area contributed by atoms with E-state index >= 15 is 0 Å². The molecule has 0 saturated heterocycles. The van der Waals surface area contributed by atoms with Crippen molar-refractivity contribution in [2.24, 2.45) is 11.3 Å². The van der Waals surface area contributed by atoms with Crippen LogP contribution in [0.1, 0.15) is 73.6 Å². The Morgan fingerprint density at radius 2 is 1.57 bits per heavy atom. The topological polar surface area (TPSA) is 36.3 Å². The van der Waals surface area contributed by atoms with Crippen LogP contribution in [-0.4, -0.2) is 30.6 Å². The van der Waals surface area contributed by atoms with Crippen molar-refractivity contribution >= 4 is 18.4 Å². The normalized spacial score (nSPS) is 11.2. The lowest BCUT2D eigenvalue weighted by atomic mass is 9.85. The zero-order chi connectivity index (χ0) is 15.6. The molecule has 3 nitrogen and oxygen atoms in total. The molecule has 0 aromatic carbocycles. The van der Waals surface area contributed by atoms with Gasteiger partial charge in [0.1, 0.15) is 0 Å². The number of rotatable bonds is 10. The summed E-state index contributed by atoms with van der Waals surface area (Å²) in [5.74, 6) is 0.666. The second-order valence-electron chi connectivity index (χ2n) is 7.05. The highest BCUT2D eigenvalue weighted by Crippen LogP contribution is 2.25. The standard InChI is InChI=1S/C17H36N2O.ClH/c1-7-9-11-19(12-10-8-2)16(18)20-14-17(5,6)13-15(3)4;/h15,18H,7-14H2,1-6H3;1H. The molecule has 0 saturated carbocycles. The smallest absolute Gasteiger partial charge is 0.284 e. The van der Waals surface area contributed by atoms with Crippen LogP contribution in [0.3, 0.4) is 0 Å². The van der Waals surface area contributed by atoms with E-state index in [2.05, 4.69) is 46.4 Å². The molecule has 0 aromatic heterocycles. The van der Waals surface area contributed by atoms with Gasteiger partial charge < -0.3 is 9.64 Å². The molecule has 0 atom stereocenters. The lowest BCUT2D eigenvalue weighted by molar-refractivity contribution is 0.119. The lowest BCUT2D eigenvalue weighted by Crippen LogP contribution is -2.36. The zero-order valence-corrected chi connectivity index (χ0v) is 15.8. The lowest BCUT2D eigenvalue weighted by Gasteiger charge is -2.30. The highest BCUT2D eigenvalue weighted by atomic mass is 35.5. The molecule has 128 valence electrons. The fourth-order valence-electron chi connectivity index (χ4n) is 2.53. The molecule has 0 heterocycles. The molecule has 4 heteroatoms. The number of hydrogen-bond acceptors (Lipinski definition) is 2. The fourth-order valence-corrected chi connectivity index (χ4v) is 2.53. The Labute approximate surface area is 138 Å². The highest BCUT2D eigenvalue weighted by Gasteiger charge is 2.22. The third-order valence-corrected chi connectivity index (χ3v) is 3.41. The number of unbranched alkanes of at least 4 members (excludes halogenated alkanes) is 2. The van der Waals surface area contributed by atoms with E-state index in [4.69, 9.17) is 10.1 Å². The maximum absolute atomic E-state index is 8.17. The van der Waals surface area contributed by atoms with Gasteiger partial charge in [-0.2, -0.15) is 0 Å². The Kier molecular flexibility index (Phi) is 13.2. The Morgan fingerprint density at radius 1 is 1.10 bits per heavy atom. The number of ether oxygens (including phenoxy) is 1. The van der Waals surface area contributed by atoms with Crippen LogP contribution in [-0.2, 0) is 4.74 Å². The molecular formula is C17H37ClN2O. The maximum Gasteiger partial charge on any atom is 0.284 e. The first-order valence-corrected chi connectivity index (χ1v) is 8.28. The van der Waals surface area contributed by atoms with Crippen molar-refractivity contribution in [3.05, 3.63) is 0 Å². The molecule has 1 N–H and O–H groups in total. The van der Waals surface area contributed by atoms with E-state index in [1.54, 1.807) is 0 Å². The highest BCUT2D eigenvalue weighted by molar-refractivity contribution is 5.85. The van der Waals surface area contributed by atoms with Crippen LogP contribution < -0.4 is 0 Å². The molecule has 0 spiro atoms. The second-order valence-corrected chi connectivity index (χ2v) is 7.05. The fraction of sp³-hybridized carbons (Fsp3) is 0.941. The third-order valence-electron chi connectivity index (χ3n) is 3.41. The first-order chi connectivity index (χ1) is 9.32. The number of halogens is 1. The first-order valence-electron chi connectivity index (χ1n) is 8.28. The van der Waals surface area contributed by atoms with Gasteiger partial charge in [-0.1, -0.05) is 54.4 Å². The summed E-state index contributed by atoms with van der Waals surface area (Å²) < 4.78 is 5.77. The van der Waals surface area contributed by atoms with Gasteiger partial charge >= 0.3 is 0 Å². The molecule has 21 heavy (non-hydrogen) atoms. The van der Waals surface area contributed by atoms with Crippen molar-refractivity contribution in [2.75, 3.05) is 19.7 Å². The van der Waals surface area contributed by atoms with Gasteiger partial charge in [-0.15, -0.1) is 12.4 Å². The Balaban J connectivity index is 0. The van der Waals surface area contributed by atoms with Crippen LogP contribution in [0.2, 0.25) is 0 Å². The van der Waals surface area contributed by atoms with Crippen LogP contribution in [0, 0.1) is 16.7 Å². The number of hydrogen-bond donors (Lipinski definition) is 1. The zero-order valence-electron chi connectivity index (χ0n) is 15.0. The van der Waals surface area contributed by atoms with E-state index < -0.39 is 0 Å². The summed E-state index contributed by atoms with van der Waals surface area (Å²) in [7, 11) is 0. The average molecular weight is 321 g/mol. The summed E-state index contributed by atoms with van der Waals surface area (Å²) in [6, 6.07) is 0.365. The molecule has 0 unspecified atom stereocenters. The van der Waals surface area contributed by atoms with Gasteiger partial charge in [-0.05, 0) is 30.6 Å². The summed E-state index contributed by atoms with van der Waals surface area (Å²) in [5, 5.41) is 8.17. The molecule has 0 aromatic rings. The Hall–Kier alpha value is -0.440. The van der Waals surface area contributed by atoms with Gasteiger partial charge in [0.25, 0.3) is 6.02 Å². The van der Waals surface area contributed by atoms with Crippen LogP contribution in [0.25, 0.3) is 0 Å². The van der Waals surface area contributed by atoms with Crippen molar-refractivity contribution in [1.82, 2.24) is 4.90 Å². The van der Waals surface area contributed by atoms with E-state index in [9.17, 15) is 0 Å². The summed E-state index contributed by atoms with van der Waals surface area (Å²) in [4.78, 5) is 2.10. The molecule has 0 amide bonds. The van der Waals surface area contributed by atoms with Crippen LogP contribution >= 0.6 is 12.4 Å². The van der Waals surface area contributed by atoms with Crippen molar-refractivity contribution in [3.63, 3.8) is 0 Å². The molecular weight excluding hydrogens is 284 g/mol. The van der Waals surface area contributed by atoms with Crippen molar-refractivity contribution in [2.45, 2.75) is 73.6 Å². The SMILES string of the molecule is CCCCN(CCCC)C(=N)OCC(C)(C)CC(C)C.Cl. The minimum Gasteiger partial charge on any atom is -0.465 e. The van der Waals surface area contributed by atoms with Gasteiger partial charge in [0.15, 0.2) is 0 Å². The largest absolute Gasteiger partial charge is 0.465 e. The molecule has 0 bridgehead atoms. The number of nitrogens with one attached hydrogen (secondary N) is 1. The second kappa shape index (κ2) is 12.1. The minimum absolute atomic E-state index is 0. The predicted octanol–water partition coefficient (Wildman–Crippen LogP) is 5.33. The quantitative estimate of drug-likeness (QED) is 0.436. The maximum atomic E-state index is 8.17. The summed E-state index contributed by atoms with van der Waals surface area (Å²) in [5.41, 5.74) is 0.141. The summed E-state index contributed by atoms with van der Waals surface area (Å²) >= 11 is 0. The number of nitrogens with zero attached hydrogens (tertiary/aromatic N) is 1. The number of amidine groups is 1. The van der Waals surface area contributed by atoms with Gasteiger partial charge in [0.2, 0.25) is 0 Å². The molecule has 0 aliphatic carbocycles. The summed E-state index contributed by atoms with van der Waals surface area (Å²) in [6.07, 6.45) is 5.71. The molecule has 0 aliphatic rings. The Bertz CT molecular complexity index is 260. The van der Waals surface area contributed by atoms with E-state index in [1.807, 2.05) is 0 Å². The third kappa shape index (κ3) is 11.9. The van der Waals surface area contributed by atoms with Gasteiger partial charge in [-0.25, -0.2) is 0 Å². The Morgan fingerprint density at radius 3 is 1.95 bits per heavy atom. The first kappa shape index (κ1) is 22.8. The molecule has 0 aliphatic heterocycles. The van der Waals surface area contributed by atoms with Crippen molar-refractivity contribution in [1.29, 1.82) is 5.41 Å². The van der Waals surface area contributed by atoms with Gasteiger partial charge in [0, 0.05) is 13.1 Å². The predicted molar refractivity (Wildman–Crippen MR) is 95.6 cm³/mol. The minimum atomic E-state index is 0. The average Bonchev–Trinajstić information content (AvgIpc) is 2.35. The van der Waals surface area contributed by atoms with E-state index in [0.717, 1.165) is 45.2 Å². The van der Waals surface area contributed by atoms with E-state index in [1.165, 1.54) is 0 Å². The van der Waals surface area contributed by atoms with E-state index in [-0.39, 0.29) is 17.8 Å². The van der Waals surface area contributed by atoms with Crippen molar-refractivity contribution < 1.29 is 4.74 Å². The van der Waals surface area contributed by atoms with Crippen molar-refractivity contribution in [3.8, 4) is 0 Å². The van der Waals surface area contributed by atoms with Crippen LogP contribution in [0.4, 0.5) is 0 Å². The molecule has 0 radical (unpaired) electrons. The van der Waals surface area contributed by atoms with Gasteiger partial charge in [-0.3, -0.25) is 5.41 Å². The molecule has 0 fully saturated rings. The van der Waals surface area contributed by atoms with E-state index in [0.29, 0.717) is 18.5 Å². The van der Waals surface area contributed by atoms with Crippen LogP contribution in [0.5, 0.6) is 0 Å².